The lowest BCUT2D eigenvalue weighted by Crippen LogP contribution is -2.18. The molecule has 0 aliphatic rings. The third-order valence-corrected chi connectivity index (χ3v) is 7.30. The third-order valence-electron chi connectivity index (χ3n) is 7.30. The number of allylic oxidation sites excluding steroid dienone is 8. The summed E-state index contributed by atoms with van der Waals surface area (Å²) in [6, 6.07) is 0. The van der Waals surface area contributed by atoms with Crippen LogP contribution in [0.5, 0.6) is 0 Å². The molecule has 4 heteroatoms. The number of carboxylic acids is 1. The molecule has 0 rings (SSSR count). The molecule has 1 N–H and O–H groups in total. The Bertz CT molecular complexity index is 704. The molecule has 4 nitrogen and oxygen atoms in total. The van der Waals surface area contributed by atoms with Gasteiger partial charge in [-0.1, -0.05) is 127 Å². The Hall–Kier alpha value is -2.10. The first kappa shape index (κ1) is 38.9. The number of ether oxygens (including phenoxy) is 1. The van der Waals surface area contributed by atoms with Gasteiger partial charge in [0.1, 0.15) is 6.10 Å². The number of carbonyl (C=O) groups is 2. The summed E-state index contributed by atoms with van der Waals surface area (Å²) < 4.78 is 5.90. The number of esters is 1. The molecule has 236 valence electrons. The predicted octanol–water partition coefficient (Wildman–Crippen LogP) is 11.6. The molecule has 0 aromatic carbocycles. The van der Waals surface area contributed by atoms with Gasteiger partial charge in [0.05, 0.1) is 0 Å². The highest BCUT2D eigenvalue weighted by Gasteiger charge is 2.14. The van der Waals surface area contributed by atoms with Crippen LogP contribution in [0.2, 0.25) is 0 Å². The molecule has 0 saturated heterocycles. The van der Waals surface area contributed by atoms with E-state index in [0.717, 1.165) is 83.5 Å². The lowest BCUT2D eigenvalue weighted by Gasteiger charge is -2.18. The molecule has 0 spiro atoms. The van der Waals surface area contributed by atoms with E-state index in [1.807, 2.05) is 0 Å². The second-order valence-electron chi connectivity index (χ2n) is 11.3. The zero-order chi connectivity index (χ0) is 30.1. The molecule has 0 aromatic rings. The van der Waals surface area contributed by atoms with Gasteiger partial charge in [-0.3, -0.25) is 9.59 Å². The summed E-state index contributed by atoms with van der Waals surface area (Å²) in [7, 11) is 0. The maximum atomic E-state index is 12.5. The van der Waals surface area contributed by atoms with E-state index in [1.165, 1.54) is 57.8 Å². The van der Waals surface area contributed by atoms with Gasteiger partial charge in [-0.2, -0.15) is 0 Å². The minimum Gasteiger partial charge on any atom is -0.481 e. The minimum absolute atomic E-state index is 0.0317. The highest BCUT2D eigenvalue weighted by Crippen LogP contribution is 2.18. The van der Waals surface area contributed by atoms with Gasteiger partial charge in [-0.25, -0.2) is 0 Å². The summed E-state index contributed by atoms with van der Waals surface area (Å²) in [5, 5.41) is 8.76. The summed E-state index contributed by atoms with van der Waals surface area (Å²) in [4.78, 5) is 23.1. The van der Waals surface area contributed by atoms with E-state index in [0.29, 0.717) is 6.42 Å². The van der Waals surface area contributed by atoms with Gasteiger partial charge in [0, 0.05) is 12.8 Å². The molecule has 0 radical (unpaired) electrons. The normalized spacial score (nSPS) is 12.8. The fourth-order valence-corrected chi connectivity index (χ4v) is 4.76. The van der Waals surface area contributed by atoms with Crippen LogP contribution in [0.1, 0.15) is 168 Å². The SMILES string of the molecule is CCCCC/C=C\C/C=C\C/C=C\C/C=C\CCCC(=O)OC(CCCCCCCC)CCCCCCCC(=O)O. The number of hydrogen-bond donors (Lipinski definition) is 1. The van der Waals surface area contributed by atoms with Crippen molar-refractivity contribution in [1.29, 1.82) is 0 Å². The van der Waals surface area contributed by atoms with Gasteiger partial charge in [0.15, 0.2) is 0 Å². The van der Waals surface area contributed by atoms with Crippen LogP contribution in [0.25, 0.3) is 0 Å². The van der Waals surface area contributed by atoms with Gasteiger partial charge >= 0.3 is 11.9 Å². The van der Waals surface area contributed by atoms with Crippen molar-refractivity contribution in [2.24, 2.45) is 0 Å². The molecule has 0 fully saturated rings. The zero-order valence-corrected chi connectivity index (χ0v) is 26.8. The Labute approximate surface area is 253 Å². The molecule has 0 aromatic heterocycles. The standard InChI is InChI=1S/C37H64O4/c1-3-5-7-9-11-12-13-14-15-16-17-18-19-20-21-26-30-34-37(40)41-35(31-27-23-10-8-6-4-2)32-28-24-22-25-29-33-36(38)39/h11-12,14-15,17-18,20-21,35H,3-10,13,16,19,22-34H2,1-2H3,(H,38,39)/b12-11-,15-14-,18-17-,21-20-. The molecule has 0 heterocycles. The average molecular weight is 573 g/mol. The van der Waals surface area contributed by atoms with Crippen LogP contribution in [0.15, 0.2) is 48.6 Å². The molecule has 41 heavy (non-hydrogen) atoms. The zero-order valence-electron chi connectivity index (χ0n) is 26.8. The molecule has 1 unspecified atom stereocenters. The maximum absolute atomic E-state index is 12.5. The van der Waals surface area contributed by atoms with Crippen LogP contribution in [-0.2, 0) is 14.3 Å². The first-order chi connectivity index (χ1) is 20.1. The van der Waals surface area contributed by atoms with E-state index in [1.54, 1.807) is 0 Å². The third kappa shape index (κ3) is 32.3. The number of rotatable bonds is 30. The molecule has 1 atom stereocenters. The van der Waals surface area contributed by atoms with E-state index >= 15 is 0 Å². The van der Waals surface area contributed by atoms with Gasteiger partial charge in [0.25, 0.3) is 0 Å². The summed E-state index contributed by atoms with van der Waals surface area (Å²) in [5.41, 5.74) is 0. The van der Waals surface area contributed by atoms with E-state index in [-0.39, 0.29) is 18.5 Å². The molecule has 0 saturated carbocycles. The second-order valence-corrected chi connectivity index (χ2v) is 11.3. The van der Waals surface area contributed by atoms with Crippen LogP contribution in [0, 0.1) is 0 Å². The van der Waals surface area contributed by atoms with E-state index in [4.69, 9.17) is 9.84 Å². The lowest BCUT2D eigenvalue weighted by molar-refractivity contribution is -0.150. The molecule has 0 bridgehead atoms. The highest BCUT2D eigenvalue weighted by molar-refractivity contribution is 5.69. The van der Waals surface area contributed by atoms with Crippen molar-refractivity contribution in [1.82, 2.24) is 0 Å². The maximum Gasteiger partial charge on any atom is 0.306 e. The van der Waals surface area contributed by atoms with Crippen LogP contribution in [0.4, 0.5) is 0 Å². The molecular formula is C37H64O4. The topological polar surface area (TPSA) is 63.6 Å². The van der Waals surface area contributed by atoms with E-state index < -0.39 is 5.97 Å². The van der Waals surface area contributed by atoms with Crippen molar-refractivity contribution in [3.8, 4) is 0 Å². The molecule has 0 amide bonds. The Morgan fingerprint density at radius 3 is 1.51 bits per heavy atom. The summed E-state index contributed by atoms with van der Waals surface area (Å²) in [6.07, 6.45) is 42.7. The number of unbranched alkanes of at least 4 members (excludes halogenated alkanes) is 13. The highest BCUT2D eigenvalue weighted by atomic mass is 16.5. The number of carboxylic acid groups (broad SMARTS) is 1. The Morgan fingerprint density at radius 1 is 0.537 bits per heavy atom. The predicted molar refractivity (Wildman–Crippen MR) is 176 cm³/mol. The Kier molecular flexibility index (Phi) is 30.8. The average Bonchev–Trinajstić information content (AvgIpc) is 2.95. The van der Waals surface area contributed by atoms with Crippen LogP contribution in [0.3, 0.4) is 0 Å². The lowest BCUT2D eigenvalue weighted by atomic mass is 10.0. The molecular weight excluding hydrogens is 508 g/mol. The van der Waals surface area contributed by atoms with E-state index in [9.17, 15) is 9.59 Å². The smallest absolute Gasteiger partial charge is 0.306 e. The van der Waals surface area contributed by atoms with Crippen molar-refractivity contribution in [2.75, 3.05) is 0 Å². The fraction of sp³-hybridized carbons (Fsp3) is 0.730. The number of carbonyl (C=O) groups excluding carboxylic acids is 1. The van der Waals surface area contributed by atoms with E-state index in [2.05, 4.69) is 62.5 Å². The first-order valence-electron chi connectivity index (χ1n) is 17.1. The fourth-order valence-electron chi connectivity index (χ4n) is 4.76. The van der Waals surface area contributed by atoms with Crippen LogP contribution in [-0.4, -0.2) is 23.1 Å². The van der Waals surface area contributed by atoms with Crippen molar-refractivity contribution in [3.05, 3.63) is 48.6 Å². The van der Waals surface area contributed by atoms with Gasteiger partial charge in [-0.15, -0.1) is 0 Å². The van der Waals surface area contributed by atoms with Crippen molar-refractivity contribution in [3.63, 3.8) is 0 Å². The summed E-state index contributed by atoms with van der Waals surface area (Å²) in [6.45, 7) is 4.48. The molecule has 0 aliphatic heterocycles. The number of hydrogen-bond acceptors (Lipinski definition) is 3. The van der Waals surface area contributed by atoms with Crippen molar-refractivity contribution in [2.45, 2.75) is 174 Å². The first-order valence-corrected chi connectivity index (χ1v) is 17.1. The van der Waals surface area contributed by atoms with Gasteiger partial charge < -0.3 is 9.84 Å². The minimum atomic E-state index is -0.710. The Morgan fingerprint density at radius 2 is 0.976 bits per heavy atom. The monoisotopic (exact) mass is 572 g/mol. The second kappa shape index (κ2) is 32.4. The summed E-state index contributed by atoms with van der Waals surface area (Å²) in [5.74, 6) is -0.767. The van der Waals surface area contributed by atoms with Crippen molar-refractivity contribution >= 4 is 11.9 Å². The largest absolute Gasteiger partial charge is 0.481 e. The van der Waals surface area contributed by atoms with Gasteiger partial charge in [-0.05, 0) is 77.0 Å². The van der Waals surface area contributed by atoms with Crippen LogP contribution < -0.4 is 0 Å². The van der Waals surface area contributed by atoms with Gasteiger partial charge in [0.2, 0.25) is 0 Å². The molecule has 0 aliphatic carbocycles. The number of aliphatic carboxylic acids is 1. The Balaban J connectivity index is 4.07. The van der Waals surface area contributed by atoms with Crippen molar-refractivity contribution < 1.29 is 19.4 Å². The quantitative estimate of drug-likeness (QED) is 0.0528. The summed E-state index contributed by atoms with van der Waals surface area (Å²) >= 11 is 0. The van der Waals surface area contributed by atoms with Crippen LogP contribution >= 0.6 is 0 Å².